The van der Waals surface area contributed by atoms with Gasteiger partial charge in [0.25, 0.3) is 5.91 Å². The van der Waals surface area contributed by atoms with E-state index in [4.69, 9.17) is 0 Å². The van der Waals surface area contributed by atoms with E-state index in [2.05, 4.69) is 67.7 Å². The lowest BCUT2D eigenvalue weighted by molar-refractivity contribution is 0.102. The van der Waals surface area contributed by atoms with Gasteiger partial charge in [-0.15, -0.1) is 0 Å². The second-order valence-electron chi connectivity index (χ2n) is 6.42. The molecule has 28 heavy (non-hydrogen) atoms. The Balaban J connectivity index is 1.37. The molecule has 0 aliphatic carbocycles. The van der Waals surface area contributed by atoms with E-state index >= 15 is 0 Å². The number of benzene rings is 1. The largest absolute Gasteiger partial charge is 0.304 e. The minimum absolute atomic E-state index is 0.305. The average molecular weight is 440 g/mol. The predicted molar refractivity (Wildman–Crippen MR) is 108 cm³/mol. The Kier molecular flexibility index (Phi) is 5.07. The molecule has 0 bridgehead atoms. The number of anilines is 1. The van der Waals surface area contributed by atoms with Crippen molar-refractivity contribution < 1.29 is 4.79 Å². The molecule has 4 rings (SSSR count). The number of carbonyl (C=O) groups is 1. The van der Waals surface area contributed by atoms with Crippen molar-refractivity contribution in [2.75, 3.05) is 5.32 Å². The van der Waals surface area contributed by atoms with Crippen LogP contribution in [0.3, 0.4) is 0 Å². The highest BCUT2D eigenvalue weighted by Crippen LogP contribution is 2.10. The molecule has 0 radical (unpaired) electrons. The summed E-state index contributed by atoms with van der Waals surface area (Å²) in [5.74, 6) is 0.184. The van der Waals surface area contributed by atoms with Gasteiger partial charge in [0.1, 0.15) is 6.67 Å². The average Bonchev–Trinajstić information content (AvgIpc) is 3.40. The van der Waals surface area contributed by atoms with Gasteiger partial charge in [0.2, 0.25) is 0 Å². The van der Waals surface area contributed by atoms with Gasteiger partial charge < -0.3 is 5.32 Å². The van der Waals surface area contributed by atoms with Crippen LogP contribution in [0.25, 0.3) is 0 Å². The molecular formula is C19H18BrN7O. The first-order valence-corrected chi connectivity index (χ1v) is 9.46. The van der Waals surface area contributed by atoms with Crippen LogP contribution >= 0.6 is 15.9 Å². The quantitative estimate of drug-likeness (QED) is 0.500. The summed E-state index contributed by atoms with van der Waals surface area (Å²) in [5.41, 5.74) is 2.69. The summed E-state index contributed by atoms with van der Waals surface area (Å²) < 4.78 is 6.03. The summed E-state index contributed by atoms with van der Waals surface area (Å²) >= 11 is 3.35. The van der Waals surface area contributed by atoms with Crippen molar-refractivity contribution in [2.45, 2.75) is 20.1 Å². The number of amides is 1. The van der Waals surface area contributed by atoms with Gasteiger partial charge in [0.05, 0.1) is 17.2 Å². The Hall–Kier alpha value is -3.20. The predicted octanol–water partition coefficient (Wildman–Crippen LogP) is 3.15. The van der Waals surface area contributed by atoms with Gasteiger partial charge in [0, 0.05) is 24.7 Å². The number of nitrogens with zero attached hydrogens (tertiary/aromatic N) is 6. The molecular weight excluding hydrogens is 422 g/mol. The van der Waals surface area contributed by atoms with E-state index in [1.807, 2.05) is 12.4 Å². The molecule has 0 saturated carbocycles. The van der Waals surface area contributed by atoms with Gasteiger partial charge in [-0.05, 0) is 34.5 Å². The fourth-order valence-corrected chi connectivity index (χ4v) is 3.03. The van der Waals surface area contributed by atoms with Crippen molar-refractivity contribution in [3.63, 3.8) is 0 Å². The van der Waals surface area contributed by atoms with Crippen LogP contribution in [0.5, 0.6) is 0 Å². The Morgan fingerprint density at radius 2 is 1.82 bits per heavy atom. The number of carbonyl (C=O) groups excluding carboxylic acids is 1. The number of hydrogen-bond acceptors (Lipinski definition) is 4. The molecule has 3 aromatic heterocycles. The van der Waals surface area contributed by atoms with Crippen LogP contribution in [0.4, 0.5) is 5.82 Å². The third kappa shape index (κ3) is 4.37. The van der Waals surface area contributed by atoms with E-state index in [0.717, 1.165) is 10.0 Å². The van der Waals surface area contributed by atoms with Crippen molar-refractivity contribution in [2.24, 2.45) is 0 Å². The molecule has 0 aliphatic heterocycles. The molecule has 1 aromatic carbocycles. The first-order chi connectivity index (χ1) is 13.5. The smallest absolute Gasteiger partial charge is 0.277 e. The standard InChI is InChI=1S/C19H18BrN7O/c1-14-2-4-15(5-3-14)11-25-9-7-18(24-25)22-19(28)17-6-8-26(23-17)13-27-12-16(20)10-21-27/h2-10,12H,11,13H2,1H3,(H,22,24,28). The molecule has 4 aromatic rings. The summed E-state index contributed by atoms with van der Waals surface area (Å²) in [6, 6.07) is 11.7. The molecule has 1 amide bonds. The van der Waals surface area contributed by atoms with Gasteiger partial charge in [-0.3, -0.25) is 14.2 Å². The number of aromatic nitrogens is 6. The molecule has 8 nitrogen and oxygen atoms in total. The van der Waals surface area contributed by atoms with Crippen molar-refractivity contribution in [1.82, 2.24) is 29.3 Å². The van der Waals surface area contributed by atoms with Gasteiger partial charge in [0.15, 0.2) is 11.5 Å². The van der Waals surface area contributed by atoms with Gasteiger partial charge >= 0.3 is 0 Å². The highest BCUT2D eigenvalue weighted by molar-refractivity contribution is 9.10. The lowest BCUT2D eigenvalue weighted by Crippen LogP contribution is -2.15. The molecule has 142 valence electrons. The highest BCUT2D eigenvalue weighted by atomic mass is 79.9. The summed E-state index contributed by atoms with van der Waals surface area (Å²) in [5, 5.41) is 15.6. The SMILES string of the molecule is Cc1ccc(Cn2ccc(NC(=O)c3ccn(Cn4cc(Br)cn4)n3)n2)cc1. The van der Waals surface area contributed by atoms with E-state index in [9.17, 15) is 4.79 Å². The van der Waals surface area contributed by atoms with E-state index < -0.39 is 0 Å². The minimum Gasteiger partial charge on any atom is -0.304 e. The van der Waals surface area contributed by atoms with Crippen LogP contribution in [-0.2, 0) is 13.2 Å². The number of hydrogen-bond donors (Lipinski definition) is 1. The molecule has 0 atom stereocenters. The van der Waals surface area contributed by atoms with Crippen LogP contribution in [0.1, 0.15) is 21.6 Å². The lowest BCUT2D eigenvalue weighted by atomic mass is 10.1. The zero-order valence-electron chi connectivity index (χ0n) is 15.2. The molecule has 0 saturated heterocycles. The molecule has 0 fully saturated rings. The topological polar surface area (TPSA) is 82.6 Å². The number of halogens is 1. The number of rotatable bonds is 6. The molecule has 0 spiro atoms. The van der Waals surface area contributed by atoms with E-state index in [0.29, 0.717) is 24.7 Å². The van der Waals surface area contributed by atoms with Gasteiger partial charge in [-0.25, -0.2) is 4.68 Å². The first-order valence-electron chi connectivity index (χ1n) is 8.67. The number of nitrogens with one attached hydrogen (secondary N) is 1. The zero-order valence-corrected chi connectivity index (χ0v) is 16.7. The van der Waals surface area contributed by atoms with Crippen LogP contribution in [0.15, 0.2) is 65.7 Å². The monoisotopic (exact) mass is 439 g/mol. The lowest BCUT2D eigenvalue weighted by Gasteiger charge is -2.03. The fraction of sp³-hybridized carbons (Fsp3) is 0.158. The third-order valence-electron chi connectivity index (χ3n) is 4.11. The maximum Gasteiger partial charge on any atom is 0.277 e. The van der Waals surface area contributed by atoms with E-state index in [-0.39, 0.29) is 5.91 Å². The Labute approximate surface area is 169 Å². The summed E-state index contributed by atoms with van der Waals surface area (Å²) in [6.45, 7) is 3.12. The van der Waals surface area contributed by atoms with Crippen molar-refractivity contribution in [3.05, 3.63) is 82.5 Å². The van der Waals surface area contributed by atoms with Crippen LogP contribution < -0.4 is 5.32 Å². The second kappa shape index (κ2) is 7.81. The third-order valence-corrected chi connectivity index (χ3v) is 4.52. The molecule has 3 heterocycles. The van der Waals surface area contributed by atoms with Gasteiger partial charge in [-0.1, -0.05) is 29.8 Å². The van der Waals surface area contributed by atoms with Crippen LogP contribution in [0, 0.1) is 6.92 Å². The minimum atomic E-state index is -0.305. The summed E-state index contributed by atoms with van der Waals surface area (Å²) in [4.78, 5) is 12.4. The fourth-order valence-electron chi connectivity index (χ4n) is 2.70. The molecule has 0 aliphatic rings. The highest BCUT2D eigenvalue weighted by Gasteiger charge is 2.12. The maximum absolute atomic E-state index is 12.4. The van der Waals surface area contributed by atoms with Crippen LogP contribution in [0.2, 0.25) is 0 Å². The Bertz CT molecular complexity index is 1090. The summed E-state index contributed by atoms with van der Waals surface area (Å²) in [6.07, 6.45) is 7.11. The van der Waals surface area contributed by atoms with Crippen molar-refractivity contribution in [3.8, 4) is 0 Å². The van der Waals surface area contributed by atoms with E-state index in [1.54, 1.807) is 38.6 Å². The summed E-state index contributed by atoms with van der Waals surface area (Å²) in [7, 11) is 0. The normalized spacial score (nSPS) is 10.9. The molecule has 0 unspecified atom stereocenters. The van der Waals surface area contributed by atoms with Crippen molar-refractivity contribution in [1.29, 1.82) is 0 Å². The van der Waals surface area contributed by atoms with Crippen LogP contribution in [-0.4, -0.2) is 35.2 Å². The maximum atomic E-state index is 12.4. The molecule has 9 heteroatoms. The zero-order chi connectivity index (χ0) is 19.5. The Morgan fingerprint density at radius 1 is 1.04 bits per heavy atom. The second-order valence-corrected chi connectivity index (χ2v) is 7.33. The van der Waals surface area contributed by atoms with Gasteiger partial charge in [-0.2, -0.15) is 15.3 Å². The molecule has 1 N–H and O–H groups in total. The van der Waals surface area contributed by atoms with Crippen molar-refractivity contribution >= 4 is 27.7 Å². The number of aryl methyl sites for hydroxylation is 1. The Morgan fingerprint density at radius 3 is 2.57 bits per heavy atom. The van der Waals surface area contributed by atoms with E-state index in [1.165, 1.54) is 5.56 Å². The first kappa shape index (κ1) is 18.2.